The quantitative estimate of drug-likeness (QED) is 0.592. The summed E-state index contributed by atoms with van der Waals surface area (Å²) >= 11 is 0. The number of hydrogen-bond donors (Lipinski definition) is 3. The highest BCUT2D eigenvalue weighted by Gasteiger charge is 2.16. The number of carbonyl (C=O) groups excluding carboxylic acids is 2. The van der Waals surface area contributed by atoms with Gasteiger partial charge in [0.2, 0.25) is 5.88 Å². The highest BCUT2D eigenvalue weighted by molar-refractivity contribution is 6.25. The molecular weight excluding hydrogens is 386 g/mol. The number of carbonyl (C=O) groups is 2. The van der Waals surface area contributed by atoms with Gasteiger partial charge in [0, 0.05) is 37.8 Å². The van der Waals surface area contributed by atoms with Gasteiger partial charge in [0.15, 0.2) is 0 Å². The average molecular weight is 411 g/mol. The molecule has 4 N–H and O–H groups in total. The number of methoxy groups -OCH3 is 1. The SMILES string of the molecule is COc1cc(C(=CN)C(=O)Nc2ccc(C(=O)NCC3CCCCO3)cn2)ccn1. The normalized spacial score (nSPS) is 16.6. The van der Waals surface area contributed by atoms with Crippen LogP contribution in [0.2, 0.25) is 0 Å². The maximum absolute atomic E-state index is 12.6. The predicted molar refractivity (Wildman–Crippen MR) is 112 cm³/mol. The Morgan fingerprint density at radius 3 is 2.80 bits per heavy atom. The summed E-state index contributed by atoms with van der Waals surface area (Å²) in [5, 5.41) is 5.52. The highest BCUT2D eigenvalue weighted by Crippen LogP contribution is 2.19. The van der Waals surface area contributed by atoms with Gasteiger partial charge in [0.25, 0.3) is 11.8 Å². The van der Waals surface area contributed by atoms with Gasteiger partial charge >= 0.3 is 0 Å². The molecule has 158 valence electrons. The van der Waals surface area contributed by atoms with E-state index in [2.05, 4.69) is 20.6 Å². The van der Waals surface area contributed by atoms with Crippen molar-refractivity contribution in [1.82, 2.24) is 15.3 Å². The highest BCUT2D eigenvalue weighted by atomic mass is 16.5. The topological polar surface area (TPSA) is 128 Å². The third-order valence-electron chi connectivity index (χ3n) is 4.70. The van der Waals surface area contributed by atoms with E-state index in [9.17, 15) is 9.59 Å². The van der Waals surface area contributed by atoms with E-state index in [1.807, 2.05) is 0 Å². The molecule has 0 saturated carbocycles. The van der Waals surface area contributed by atoms with Crippen LogP contribution in [0.3, 0.4) is 0 Å². The summed E-state index contributed by atoms with van der Waals surface area (Å²) in [5.41, 5.74) is 6.84. The van der Waals surface area contributed by atoms with Crippen LogP contribution in [0.1, 0.15) is 35.2 Å². The molecule has 0 radical (unpaired) electrons. The summed E-state index contributed by atoms with van der Waals surface area (Å²) in [7, 11) is 1.49. The lowest BCUT2D eigenvalue weighted by Gasteiger charge is -2.22. The molecule has 1 saturated heterocycles. The van der Waals surface area contributed by atoms with Crippen LogP contribution in [0.4, 0.5) is 5.82 Å². The number of pyridine rings is 2. The summed E-state index contributed by atoms with van der Waals surface area (Å²) in [5.74, 6) is -0.00909. The molecule has 0 bridgehead atoms. The van der Waals surface area contributed by atoms with Gasteiger partial charge in [-0.05, 0) is 43.0 Å². The largest absolute Gasteiger partial charge is 0.481 e. The molecule has 30 heavy (non-hydrogen) atoms. The minimum atomic E-state index is -0.440. The second-order valence-electron chi connectivity index (χ2n) is 6.75. The first-order valence-corrected chi connectivity index (χ1v) is 9.70. The molecule has 1 aliphatic heterocycles. The molecule has 9 heteroatoms. The lowest BCUT2D eigenvalue weighted by atomic mass is 10.1. The molecule has 0 aliphatic carbocycles. The predicted octanol–water partition coefficient (Wildman–Crippen LogP) is 1.72. The summed E-state index contributed by atoms with van der Waals surface area (Å²) in [6.07, 6.45) is 7.33. The van der Waals surface area contributed by atoms with Crippen molar-refractivity contribution in [2.45, 2.75) is 25.4 Å². The van der Waals surface area contributed by atoms with Crippen LogP contribution < -0.4 is 21.1 Å². The summed E-state index contributed by atoms with van der Waals surface area (Å²) in [6, 6.07) is 6.42. The Morgan fingerprint density at radius 1 is 1.27 bits per heavy atom. The van der Waals surface area contributed by atoms with Gasteiger partial charge < -0.3 is 25.8 Å². The summed E-state index contributed by atoms with van der Waals surface area (Å²) in [6.45, 7) is 1.21. The number of nitrogens with two attached hydrogens (primary N) is 1. The van der Waals surface area contributed by atoms with E-state index in [0.717, 1.165) is 25.9 Å². The number of ether oxygens (including phenoxy) is 2. The van der Waals surface area contributed by atoms with Gasteiger partial charge in [-0.15, -0.1) is 0 Å². The fourth-order valence-corrected chi connectivity index (χ4v) is 3.05. The fourth-order valence-electron chi connectivity index (χ4n) is 3.05. The van der Waals surface area contributed by atoms with Crippen LogP contribution in [0.15, 0.2) is 42.9 Å². The monoisotopic (exact) mass is 411 g/mol. The first-order valence-electron chi connectivity index (χ1n) is 9.70. The Morgan fingerprint density at radius 2 is 2.13 bits per heavy atom. The number of hydrogen-bond acceptors (Lipinski definition) is 7. The average Bonchev–Trinajstić information content (AvgIpc) is 2.79. The second kappa shape index (κ2) is 10.4. The standard InChI is InChI=1S/C21H25N5O4/c1-29-19-10-14(7-8-23-19)17(11-22)21(28)26-18-6-5-15(12-24-18)20(27)25-13-16-4-2-3-9-30-16/h5-8,10-12,16H,2-4,9,13,22H2,1H3,(H,25,27)(H,24,26,28). The van der Waals surface area contributed by atoms with Crippen LogP contribution in [0.5, 0.6) is 5.88 Å². The summed E-state index contributed by atoms with van der Waals surface area (Å²) < 4.78 is 10.7. The number of rotatable bonds is 7. The van der Waals surface area contributed by atoms with Crippen molar-refractivity contribution in [3.8, 4) is 5.88 Å². The molecule has 0 spiro atoms. The molecule has 2 aromatic heterocycles. The zero-order valence-corrected chi connectivity index (χ0v) is 16.8. The molecule has 2 aromatic rings. The van der Waals surface area contributed by atoms with Gasteiger partial charge in [-0.1, -0.05) is 0 Å². The van der Waals surface area contributed by atoms with Crippen molar-refractivity contribution in [3.05, 3.63) is 54.0 Å². The first-order chi connectivity index (χ1) is 14.6. The number of aromatic nitrogens is 2. The fraction of sp³-hybridized carbons (Fsp3) is 0.333. The van der Waals surface area contributed by atoms with E-state index in [1.54, 1.807) is 24.3 Å². The molecule has 3 heterocycles. The van der Waals surface area contributed by atoms with Gasteiger partial charge in [-0.25, -0.2) is 9.97 Å². The van der Waals surface area contributed by atoms with Crippen molar-refractivity contribution >= 4 is 23.2 Å². The molecule has 1 fully saturated rings. The van der Waals surface area contributed by atoms with Gasteiger partial charge in [0.05, 0.1) is 24.4 Å². The zero-order valence-electron chi connectivity index (χ0n) is 16.8. The summed E-state index contributed by atoms with van der Waals surface area (Å²) in [4.78, 5) is 33.0. The van der Waals surface area contributed by atoms with Crippen molar-refractivity contribution in [1.29, 1.82) is 0 Å². The van der Waals surface area contributed by atoms with Crippen LogP contribution in [-0.4, -0.2) is 48.1 Å². The van der Waals surface area contributed by atoms with E-state index in [1.165, 1.54) is 25.7 Å². The molecule has 0 aromatic carbocycles. The van der Waals surface area contributed by atoms with Crippen molar-refractivity contribution in [2.24, 2.45) is 5.73 Å². The van der Waals surface area contributed by atoms with Crippen LogP contribution in [0, 0.1) is 0 Å². The minimum Gasteiger partial charge on any atom is -0.481 e. The smallest absolute Gasteiger partial charge is 0.258 e. The van der Waals surface area contributed by atoms with Crippen LogP contribution >= 0.6 is 0 Å². The second-order valence-corrected chi connectivity index (χ2v) is 6.75. The molecule has 1 unspecified atom stereocenters. The molecule has 9 nitrogen and oxygen atoms in total. The Balaban J connectivity index is 1.58. The molecular formula is C21H25N5O4. The molecule has 1 aliphatic rings. The Labute approximate surface area is 174 Å². The minimum absolute atomic E-state index is 0.0579. The van der Waals surface area contributed by atoms with E-state index in [4.69, 9.17) is 15.2 Å². The van der Waals surface area contributed by atoms with E-state index in [0.29, 0.717) is 29.4 Å². The third kappa shape index (κ3) is 5.54. The number of amides is 2. The lowest BCUT2D eigenvalue weighted by Crippen LogP contribution is -2.35. The van der Waals surface area contributed by atoms with E-state index < -0.39 is 5.91 Å². The Bertz CT molecular complexity index is 908. The van der Waals surface area contributed by atoms with E-state index in [-0.39, 0.29) is 17.6 Å². The maximum Gasteiger partial charge on any atom is 0.258 e. The Hall–Kier alpha value is -3.46. The van der Waals surface area contributed by atoms with Gasteiger partial charge in [0.1, 0.15) is 5.82 Å². The van der Waals surface area contributed by atoms with Gasteiger partial charge in [-0.2, -0.15) is 0 Å². The molecule has 2 amide bonds. The van der Waals surface area contributed by atoms with Crippen molar-refractivity contribution in [3.63, 3.8) is 0 Å². The van der Waals surface area contributed by atoms with Crippen molar-refractivity contribution < 1.29 is 19.1 Å². The number of nitrogens with one attached hydrogen (secondary N) is 2. The number of anilines is 1. The zero-order chi connectivity index (χ0) is 21.3. The third-order valence-corrected chi connectivity index (χ3v) is 4.70. The molecule has 3 rings (SSSR count). The first kappa shape index (κ1) is 21.3. The van der Waals surface area contributed by atoms with Crippen LogP contribution in [-0.2, 0) is 9.53 Å². The van der Waals surface area contributed by atoms with Crippen molar-refractivity contribution in [2.75, 3.05) is 25.6 Å². The Kier molecular flexibility index (Phi) is 7.34. The maximum atomic E-state index is 12.6. The number of nitrogens with zero attached hydrogens (tertiary/aromatic N) is 2. The molecule has 1 atom stereocenters. The van der Waals surface area contributed by atoms with Crippen LogP contribution in [0.25, 0.3) is 5.57 Å². The lowest BCUT2D eigenvalue weighted by molar-refractivity contribution is -0.111. The van der Waals surface area contributed by atoms with Gasteiger partial charge in [-0.3, -0.25) is 9.59 Å². The van der Waals surface area contributed by atoms with E-state index >= 15 is 0 Å².